The summed E-state index contributed by atoms with van der Waals surface area (Å²) >= 11 is 0. The van der Waals surface area contributed by atoms with E-state index in [1.54, 1.807) is 13.3 Å². The predicted octanol–water partition coefficient (Wildman–Crippen LogP) is -0.0894. The second-order valence-corrected chi connectivity index (χ2v) is 5.39. The Balaban J connectivity index is 1.61. The molecular weight excluding hydrogens is 258 g/mol. The molecule has 3 rings (SSSR count). The summed E-state index contributed by atoms with van der Waals surface area (Å²) in [7, 11) is 1.68. The van der Waals surface area contributed by atoms with Gasteiger partial charge in [-0.05, 0) is 12.1 Å². The first kappa shape index (κ1) is 13.6. The lowest BCUT2D eigenvalue weighted by Gasteiger charge is -2.36. The van der Waals surface area contributed by atoms with E-state index in [2.05, 4.69) is 15.1 Å². The quantitative estimate of drug-likeness (QED) is 0.835. The zero-order valence-corrected chi connectivity index (χ0v) is 11.7. The van der Waals surface area contributed by atoms with Gasteiger partial charge in [-0.2, -0.15) is 0 Å². The molecule has 0 unspecified atom stereocenters. The molecule has 1 amide bonds. The van der Waals surface area contributed by atoms with Gasteiger partial charge in [0, 0.05) is 26.7 Å². The monoisotopic (exact) mass is 279 g/mol. The van der Waals surface area contributed by atoms with Crippen molar-refractivity contribution in [1.29, 1.82) is 0 Å². The first-order valence-electron chi connectivity index (χ1n) is 7.07. The van der Waals surface area contributed by atoms with E-state index in [0.29, 0.717) is 19.2 Å². The van der Waals surface area contributed by atoms with Crippen LogP contribution >= 0.6 is 0 Å². The molecule has 1 aromatic rings. The molecule has 0 aliphatic carbocycles. The number of amides is 1. The lowest BCUT2D eigenvalue weighted by atomic mass is 10.1. The third kappa shape index (κ3) is 2.87. The van der Waals surface area contributed by atoms with Crippen LogP contribution in [-0.4, -0.2) is 67.7 Å². The van der Waals surface area contributed by atoms with Crippen LogP contribution in [0.2, 0.25) is 0 Å². The van der Waals surface area contributed by atoms with E-state index in [1.165, 1.54) is 0 Å². The molecule has 6 nitrogen and oxygen atoms in total. The number of hydrogen-bond acceptors (Lipinski definition) is 5. The Hall–Kier alpha value is -1.37. The fraction of sp³-hybridized carbons (Fsp3) is 0.643. The normalized spacial score (nSPS) is 27.4. The van der Waals surface area contributed by atoms with Gasteiger partial charge in [-0.3, -0.25) is 14.6 Å². The van der Waals surface area contributed by atoms with Gasteiger partial charge in [0.15, 0.2) is 0 Å². The minimum atomic E-state index is 0.0649. The molecule has 1 N–H and O–H groups in total. The number of carbonyl (C=O) groups is 1. The Morgan fingerprint density at radius 1 is 1.50 bits per heavy atom. The van der Waals surface area contributed by atoms with E-state index >= 15 is 0 Å². The number of hydrogen-bond donors (Lipinski definition) is 1. The largest absolute Gasteiger partial charge is 0.468 e. The SMILES string of the molecule is CNC(=O)CN1CCO[C@H]2CN(Cc3ccco3)C[C@H]21. The second-order valence-electron chi connectivity index (χ2n) is 5.39. The number of morpholine rings is 1. The van der Waals surface area contributed by atoms with Crippen LogP contribution < -0.4 is 5.32 Å². The molecule has 0 spiro atoms. The summed E-state index contributed by atoms with van der Waals surface area (Å²) < 4.78 is 11.2. The molecule has 3 heterocycles. The number of likely N-dealkylation sites (tertiary alicyclic amines) is 1. The average molecular weight is 279 g/mol. The third-order valence-electron chi connectivity index (χ3n) is 4.08. The molecule has 0 aromatic carbocycles. The number of ether oxygens (including phenoxy) is 1. The maximum Gasteiger partial charge on any atom is 0.233 e. The van der Waals surface area contributed by atoms with Crippen molar-refractivity contribution in [3.05, 3.63) is 24.2 Å². The summed E-state index contributed by atoms with van der Waals surface area (Å²) in [6.07, 6.45) is 1.90. The van der Waals surface area contributed by atoms with E-state index in [-0.39, 0.29) is 12.0 Å². The first-order chi connectivity index (χ1) is 9.76. The Bertz CT molecular complexity index is 449. The smallest absolute Gasteiger partial charge is 0.233 e. The fourth-order valence-electron chi connectivity index (χ4n) is 3.05. The molecule has 2 aliphatic heterocycles. The van der Waals surface area contributed by atoms with Crippen LogP contribution in [0.25, 0.3) is 0 Å². The van der Waals surface area contributed by atoms with Crippen LogP contribution in [0.5, 0.6) is 0 Å². The summed E-state index contributed by atoms with van der Waals surface area (Å²) in [6, 6.07) is 4.20. The summed E-state index contributed by atoms with van der Waals surface area (Å²) in [6.45, 7) is 4.60. The molecular formula is C14H21N3O3. The molecule has 2 saturated heterocycles. The molecule has 110 valence electrons. The molecule has 0 radical (unpaired) electrons. The van der Waals surface area contributed by atoms with Crippen molar-refractivity contribution >= 4 is 5.91 Å². The third-order valence-corrected chi connectivity index (χ3v) is 4.08. The minimum Gasteiger partial charge on any atom is -0.468 e. The van der Waals surface area contributed by atoms with Crippen LogP contribution in [0.3, 0.4) is 0 Å². The maximum atomic E-state index is 11.6. The Morgan fingerprint density at radius 2 is 2.40 bits per heavy atom. The van der Waals surface area contributed by atoms with Crippen LogP contribution in [0.1, 0.15) is 5.76 Å². The molecule has 0 bridgehead atoms. The zero-order chi connectivity index (χ0) is 13.9. The van der Waals surface area contributed by atoms with Gasteiger partial charge in [-0.15, -0.1) is 0 Å². The molecule has 2 fully saturated rings. The Labute approximate surface area is 118 Å². The molecule has 1 aromatic heterocycles. The van der Waals surface area contributed by atoms with Gasteiger partial charge >= 0.3 is 0 Å². The summed E-state index contributed by atoms with van der Waals surface area (Å²) in [5, 5.41) is 2.69. The highest BCUT2D eigenvalue weighted by Gasteiger charge is 2.40. The highest BCUT2D eigenvalue weighted by Crippen LogP contribution is 2.24. The zero-order valence-electron chi connectivity index (χ0n) is 11.7. The topological polar surface area (TPSA) is 58.0 Å². The van der Waals surface area contributed by atoms with E-state index < -0.39 is 0 Å². The van der Waals surface area contributed by atoms with Crippen molar-refractivity contribution < 1.29 is 13.9 Å². The van der Waals surface area contributed by atoms with Crippen molar-refractivity contribution in [1.82, 2.24) is 15.1 Å². The number of fused-ring (bicyclic) bond motifs is 1. The average Bonchev–Trinajstić information content (AvgIpc) is 3.08. The van der Waals surface area contributed by atoms with Crippen molar-refractivity contribution in [3.8, 4) is 0 Å². The van der Waals surface area contributed by atoms with Crippen LogP contribution in [0.15, 0.2) is 22.8 Å². The van der Waals surface area contributed by atoms with Gasteiger partial charge in [-0.25, -0.2) is 0 Å². The Kier molecular flexibility index (Phi) is 4.05. The minimum absolute atomic E-state index is 0.0649. The van der Waals surface area contributed by atoms with Gasteiger partial charge in [0.1, 0.15) is 5.76 Å². The highest BCUT2D eigenvalue weighted by atomic mass is 16.5. The second kappa shape index (κ2) is 5.95. The number of furan rings is 1. The standard InChI is InChI=1S/C14H21N3O3/c1-15-14(18)10-17-4-6-20-13-9-16(8-12(13)17)7-11-3-2-5-19-11/h2-3,5,12-13H,4,6-10H2,1H3,(H,15,18)/t12-,13+/m1/s1. The fourth-order valence-corrected chi connectivity index (χ4v) is 3.05. The van der Waals surface area contributed by atoms with Gasteiger partial charge in [0.25, 0.3) is 0 Å². The summed E-state index contributed by atoms with van der Waals surface area (Å²) in [4.78, 5) is 16.1. The van der Waals surface area contributed by atoms with Crippen molar-refractivity contribution in [3.63, 3.8) is 0 Å². The van der Waals surface area contributed by atoms with Crippen molar-refractivity contribution in [2.45, 2.75) is 18.7 Å². The first-order valence-corrected chi connectivity index (χ1v) is 7.07. The van der Waals surface area contributed by atoms with Crippen LogP contribution in [0.4, 0.5) is 0 Å². The number of carbonyl (C=O) groups excluding carboxylic acids is 1. The van der Waals surface area contributed by atoms with E-state index in [0.717, 1.165) is 31.9 Å². The van der Waals surface area contributed by atoms with Crippen molar-refractivity contribution in [2.24, 2.45) is 0 Å². The molecule has 2 atom stereocenters. The van der Waals surface area contributed by atoms with Gasteiger partial charge in [0.05, 0.1) is 38.1 Å². The molecule has 2 aliphatic rings. The predicted molar refractivity (Wildman–Crippen MR) is 73.2 cm³/mol. The maximum absolute atomic E-state index is 11.6. The van der Waals surface area contributed by atoms with E-state index in [4.69, 9.17) is 9.15 Å². The van der Waals surface area contributed by atoms with Crippen LogP contribution in [-0.2, 0) is 16.1 Å². The van der Waals surface area contributed by atoms with E-state index in [1.807, 2.05) is 12.1 Å². The number of nitrogens with one attached hydrogen (secondary N) is 1. The van der Waals surface area contributed by atoms with E-state index in [9.17, 15) is 4.79 Å². The number of rotatable bonds is 4. The number of likely N-dealkylation sites (N-methyl/N-ethyl adjacent to an activating group) is 1. The van der Waals surface area contributed by atoms with Gasteiger partial charge in [0.2, 0.25) is 5.91 Å². The lowest BCUT2D eigenvalue weighted by molar-refractivity contribution is -0.125. The molecule has 20 heavy (non-hydrogen) atoms. The van der Waals surface area contributed by atoms with Crippen LogP contribution in [0, 0.1) is 0 Å². The summed E-state index contributed by atoms with van der Waals surface area (Å²) in [5.74, 6) is 1.04. The Morgan fingerprint density at radius 3 is 3.15 bits per heavy atom. The lowest BCUT2D eigenvalue weighted by Crippen LogP contribution is -2.53. The summed E-state index contributed by atoms with van der Waals surface area (Å²) in [5.41, 5.74) is 0. The number of nitrogens with zero attached hydrogens (tertiary/aromatic N) is 2. The molecule has 0 saturated carbocycles. The highest BCUT2D eigenvalue weighted by molar-refractivity contribution is 5.77. The molecule has 6 heteroatoms. The van der Waals surface area contributed by atoms with Crippen molar-refractivity contribution in [2.75, 3.05) is 39.8 Å². The van der Waals surface area contributed by atoms with Gasteiger partial charge < -0.3 is 14.5 Å². The van der Waals surface area contributed by atoms with Gasteiger partial charge in [-0.1, -0.05) is 0 Å².